The van der Waals surface area contributed by atoms with Crippen LogP contribution in [0.4, 0.5) is 5.69 Å². The van der Waals surface area contributed by atoms with Crippen molar-refractivity contribution in [3.63, 3.8) is 0 Å². The molecule has 1 heterocycles. The standard InChI is InChI=1S/C14H9BrClNO3/c15-8-1-3-11(16)10(5-8)14(18)17-9-2-4-12-13(6-9)20-7-19-12/h1-6H,7H2,(H,17,18). The summed E-state index contributed by atoms with van der Waals surface area (Å²) in [7, 11) is 0. The molecule has 0 radical (unpaired) electrons. The third-order valence-corrected chi connectivity index (χ3v) is 3.63. The normalized spacial score (nSPS) is 12.3. The molecular formula is C14H9BrClNO3. The van der Waals surface area contributed by atoms with Crippen LogP contribution in [0, 0.1) is 0 Å². The predicted octanol–water partition coefficient (Wildman–Crippen LogP) is 4.08. The number of amides is 1. The SMILES string of the molecule is O=C(Nc1ccc2c(c1)OCO2)c1cc(Br)ccc1Cl. The van der Waals surface area contributed by atoms with Crippen molar-refractivity contribution in [2.45, 2.75) is 0 Å². The van der Waals surface area contributed by atoms with Crippen molar-refractivity contribution in [3.05, 3.63) is 51.5 Å². The van der Waals surface area contributed by atoms with Crippen molar-refractivity contribution in [3.8, 4) is 11.5 Å². The lowest BCUT2D eigenvalue weighted by Gasteiger charge is -2.08. The number of hydrogen-bond donors (Lipinski definition) is 1. The molecule has 1 amide bonds. The van der Waals surface area contributed by atoms with E-state index in [9.17, 15) is 4.79 Å². The van der Waals surface area contributed by atoms with E-state index in [2.05, 4.69) is 21.2 Å². The molecule has 3 rings (SSSR count). The fraction of sp³-hybridized carbons (Fsp3) is 0.0714. The average Bonchev–Trinajstić information content (AvgIpc) is 2.89. The van der Waals surface area contributed by atoms with Crippen molar-refractivity contribution in [2.75, 3.05) is 12.1 Å². The molecule has 1 aliphatic rings. The largest absolute Gasteiger partial charge is 0.454 e. The van der Waals surface area contributed by atoms with Crippen LogP contribution in [0.25, 0.3) is 0 Å². The molecule has 0 unspecified atom stereocenters. The summed E-state index contributed by atoms with van der Waals surface area (Å²) in [6, 6.07) is 10.3. The van der Waals surface area contributed by atoms with Crippen LogP contribution in [-0.4, -0.2) is 12.7 Å². The monoisotopic (exact) mass is 353 g/mol. The lowest BCUT2D eigenvalue weighted by molar-refractivity contribution is 0.102. The van der Waals surface area contributed by atoms with Gasteiger partial charge < -0.3 is 14.8 Å². The molecule has 1 N–H and O–H groups in total. The van der Waals surface area contributed by atoms with Crippen molar-refractivity contribution >= 4 is 39.1 Å². The molecule has 0 atom stereocenters. The van der Waals surface area contributed by atoms with Crippen molar-refractivity contribution in [1.82, 2.24) is 0 Å². The van der Waals surface area contributed by atoms with Crippen molar-refractivity contribution < 1.29 is 14.3 Å². The molecule has 0 fully saturated rings. The minimum Gasteiger partial charge on any atom is -0.454 e. The summed E-state index contributed by atoms with van der Waals surface area (Å²) in [5.74, 6) is 1.00. The maximum Gasteiger partial charge on any atom is 0.257 e. The maximum atomic E-state index is 12.2. The van der Waals surface area contributed by atoms with E-state index in [4.69, 9.17) is 21.1 Å². The van der Waals surface area contributed by atoms with Crippen LogP contribution in [-0.2, 0) is 0 Å². The van der Waals surface area contributed by atoms with Gasteiger partial charge in [-0.05, 0) is 30.3 Å². The molecule has 4 nitrogen and oxygen atoms in total. The Balaban J connectivity index is 1.84. The molecule has 0 aromatic heterocycles. The first-order valence-corrected chi connectivity index (χ1v) is 6.96. The Kier molecular flexibility index (Phi) is 3.54. The van der Waals surface area contributed by atoms with E-state index in [0.717, 1.165) is 4.47 Å². The summed E-state index contributed by atoms with van der Waals surface area (Å²) in [5, 5.41) is 3.17. The molecule has 20 heavy (non-hydrogen) atoms. The summed E-state index contributed by atoms with van der Waals surface area (Å²) >= 11 is 9.34. The van der Waals surface area contributed by atoms with Gasteiger partial charge in [0.25, 0.3) is 5.91 Å². The highest BCUT2D eigenvalue weighted by Crippen LogP contribution is 2.34. The summed E-state index contributed by atoms with van der Waals surface area (Å²) in [6.07, 6.45) is 0. The zero-order valence-electron chi connectivity index (χ0n) is 10.2. The van der Waals surface area contributed by atoms with Gasteiger partial charge in [-0.1, -0.05) is 27.5 Å². The Labute approximate surface area is 128 Å². The number of nitrogens with one attached hydrogen (secondary N) is 1. The van der Waals surface area contributed by atoms with Crippen LogP contribution in [0.15, 0.2) is 40.9 Å². The van der Waals surface area contributed by atoms with E-state index < -0.39 is 0 Å². The van der Waals surface area contributed by atoms with E-state index >= 15 is 0 Å². The quantitative estimate of drug-likeness (QED) is 0.884. The Morgan fingerprint density at radius 2 is 1.95 bits per heavy atom. The third-order valence-electron chi connectivity index (χ3n) is 2.80. The van der Waals surface area contributed by atoms with Crippen LogP contribution in [0.1, 0.15) is 10.4 Å². The topological polar surface area (TPSA) is 47.6 Å². The van der Waals surface area contributed by atoms with Gasteiger partial charge >= 0.3 is 0 Å². The van der Waals surface area contributed by atoms with E-state index in [1.165, 1.54) is 0 Å². The van der Waals surface area contributed by atoms with Crippen LogP contribution in [0.3, 0.4) is 0 Å². The van der Waals surface area contributed by atoms with Gasteiger partial charge in [-0.15, -0.1) is 0 Å². The second kappa shape index (κ2) is 5.34. The fourth-order valence-electron chi connectivity index (χ4n) is 1.84. The summed E-state index contributed by atoms with van der Waals surface area (Å²) < 4.78 is 11.3. The smallest absolute Gasteiger partial charge is 0.257 e. The number of ether oxygens (including phenoxy) is 2. The molecule has 0 spiro atoms. The minimum absolute atomic E-state index is 0.199. The number of carbonyl (C=O) groups is 1. The zero-order chi connectivity index (χ0) is 14.1. The second-order valence-corrected chi connectivity index (χ2v) is 5.47. The minimum atomic E-state index is -0.282. The lowest BCUT2D eigenvalue weighted by atomic mass is 10.2. The molecule has 0 aliphatic carbocycles. The van der Waals surface area contributed by atoms with Gasteiger partial charge in [0, 0.05) is 16.2 Å². The Hall–Kier alpha value is -1.72. The van der Waals surface area contributed by atoms with E-state index in [1.54, 1.807) is 36.4 Å². The van der Waals surface area contributed by atoms with E-state index in [-0.39, 0.29) is 12.7 Å². The van der Waals surface area contributed by atoms with Gasteiger partial charge in [0.1, 0.15) is 0 Å². The summed E-state index contributed by atoms with van der Waals surface area (Å²) in [4.78, 5) is 12.2. The van der Waals surface area contributed by atoms with Gasteiger partial charge in [0.05, 0.1) is 10.6 Å². The maximum absolute atomic E-state index is 12.2. The predicted molar refractivity (Wildman–Crippen MR) is 79.7 cm³/mol. The van der Waals surface area contributed by atoms with Crippen LogP contribution < -0.4 is 14.8 Å². The Bertz CT molecular complexity index is 690. The third kappa shape index (κ3) is 2.59. The molecule has 6 heteroatoms. The Morgan fingerprint density at radius 3 is 2.80 bits per heavy atom. The molecule has 0 saturated heterocycles. The zero-order valence-corrected chi connectivity index (χ0v) is 12.5. The number of benzene rings is 2. The van der Waals surface area contributed by atoms with Crippen molar-refractivity contribution in [1.29, 1.82) is 0 Å². The first-order valence-electron chi connectivity index (χ1n) is 5.79. The number of fused-ring (bicyclic) bond motifs is 1. The van der Waals surface area contributed by atoms with Gasteiger partial charge in [0.15, 0.2) is 11.5 Å². The van der Waals surface area contributed by atoms with Crippen LogP contribution >= 0.6 is 27.5 Å². The molecular weight excluding hydrogens is 346 g/mol. The average molecular weight is 355 g/mol. The van der Waals surface area contributed by atoms with Gasteiger partial charge in [-0.25, -0.2) is 0 Å². The first-order chi connectivity index (χ1) is 9.63. The highest BCUT2D eigenvalue weighted by Gasteiger charge is 2.16. The molecule has 0 bridgehead atoms. The summed E-state index contributed by atoms with van der Waals surface area (Å²) in [6.45, 7) is 0.199. The highest BCUT2D eigenvalue weighted by atomic mass is 79.9. The highest BCUT2D eigenvalue weighted by molar-refractivity contribution is 9.10. The van der Waals surface area contributed by atoms with Gasteiger partial charge in [-0.3, -0.25) is 4.79 Å². The lowest BCUT2D eigenvalue weighted by Crippen LogP contribution is -2.12. The number of rotatable bonds is 2. The van der Waals surface area contributed by atoms with Gasteiger partial charge in [-0.2, -0.15) is 0 Å². The van der Waals surface area contributed by atoms with Gasteiger partial charge in [0.2, 0.25) is 6.79 Å². The fourth-order valence-corrected chi connectivity index (χ4v) is 2.41. The van der Waals surface area contributed by atoms with Crippen molar-refractivity contribution in [2.24, 2.45) is 0 Å². The number of carbonyl (C=O) groups excluding carboxylic acids is 1. The first kappa shape index (κ1) is 13.3. The van der Waals surface area contributed by atoms with E-state index in [0.29, 0.717) is 27.8 Å². The van der Waals surface area contributed by atoms with E-state index in [1.807, 2.05) is 0 Å². The number of hydrogen-bond acceptors (Lipinski definition) is 3. The summed E-state index contributed by atoms with van der Waals surface area (Å²) in [5.41, 5.74) is 1.02. The molecule has 102 valence electrons. The molecule has 1 aliphatic heterocycles. The molecule has 2 aromatic rings. The van der Waals surface area contributed by atoms with Crippen LogP contribution in [0.5, 0.6) is 11.5 Å². The second-order valence-electron chi connectivity index (χ2n) is 4.15. The Morgan fingerprint density at radius 1 is 1.15 bits per heavy atom. The van der Waals surface area contributed by atoms with Crippen LogP contribution in [0.2, 0.25) is 5.02 Å². The number of halogens is 2. The number of anilines is 1. The molecule has 2 aromatic carbocycles. The molecule has 0 saturated carbocycles.